The number of nitrogens with one attached hydrogen (secondary N) is 2. The highest BCUT2D eigenvalue weighted by molar-refractivity contribution is 5.96. The second-order valence-corrected chi connectivity index (χ2v) is 4.71. The largest absolute Gasteiger partial charge is 0.482 e. The summed E-state index contributed by atoms with van der Waals surface area (Å²) in [6.45, 7) is 0.699. The first-order valence-corrected chi connectivity index (χ1v) is 6.54. The van der Waals surface area contributed by atoms with Crippen molar-refractivity contribution >= 4 is 17.3 Å². The molecule has 1 aliphatic rings. The zero-order valence-corrected chi connectivity index (χ0v) is 11.2. The molecular formula is C16H13N3O2. The Bertz CT molecular complexity index is 717. The molecule has 3 rings (SSSR count). The summed E-state index contributed by atoms with van der Waals surface area (Å²) < 4.78 is 5.31. The Morgan fingerprint density at radius 2 is 2.05 bits per heavy atom. The van der Waals surface area contributed by atoms with E-state index in [1.54, 1.807) is 12.1 Å². The molecule has 5 heteroatoms. The van der Waals surface area contributed by atoms with Gasteiger partial charge in [0.25, 0.3) is 5.91 Å². The fraction of sp³-hybridized carbons (Fsp3) is 0.125. The Hall–Kier alpha value is -3.00. The van der Waals surface area contributed by atoms with Gasteiger partial charge in [0.05, 0.1) is 17.3 Å². The van der Waals surface area contributed by atoms with Gasteiger partial charge in [-0.3, -0.25) is 4.79 Å². The van der Waals surface area contributed by atoms with Gasteiger partial charge in [-0.15, -0.1) is 0 Å². The third-order valence-corrected chi connectivity index (χ3v) is 3.19. The monoisotopic (exact) mass is 279 g/mol. The van der Waals surface area contributed by atoms with Gasteiger partial charge in [-0.25, -0.2) is 0 Å². The van der Waals surface area contributed by atoms with Crippen molar-refractivity contribution in [2.75, 3.05) is 17.2 Å². The van der Waals surface area contributed by atoms with Crippen LogP contribution >= 0.6 is 0 Å². The molecule has 2 aromatic rings. The van der Waals surface area contributed by atoms with Crippen molar-refractivity contribution in [1.82, 2.24) is 0 Å². The summed E-state index contributed by atoms with van der Waals surface area (Å²) in [6, 6.07) is 15.1. The number of nitrogens with zero attached hydrogens (tertiary/aromatic N) is 1. The van der Waals surface area contributed by atoms with E-state index < -0.39 is 0 Å². The number of hydrogen-bond donors (Lipinski definition) is 2. The number of amides is 1. The van der Waals surface area contributed by atoms with Gasteiger partial charge in [-0.2, -0.15) is 5.26 Å². The van der Waals surface area contributed by atoms with Crippen LogP contribution in [0.25, 0.3) is 0 Å². The van der Waals surface area contributed by atoms with Crippen LogP contribution in [0.2, 0.25) is 0 Å². The van der Waals surface area contributed by atoms with Gasteiger partial charge in [0.2, 0.25) is 0 Å². The predicted octanol–water partition coefficient (Wildman–Crippen LogP) is 2.50. The average molecular weight is 279 g/mol. The number of carbonyl (C=O) groups excluding carboxylic acids is 1. The number of nitriles is 1. The van der Waals surface area contributed by atoms with Crippen LogP contribution in [0.1, 0.15) is 11.1 Å². The maximum absolute atomic E-state index is 11.3. The molecule has 0 aliphatic carbocycles. The van der Waals surface area contributed by atoms with Crippen LogP contribution in [0.15, 0.2) is 42.5 Å². The van der Waals surface area contributed by atoms with E-state index in [2.05, 4.69) is 16.7 Å². The van der Waals surface area contributed by atoms with Crippen LogP contribution < -0.4 is 15.4 Å². The van der Waals surface area contributed by atoms with E-state index in [1.165, 1.54) is 0 Å². The predicted molar refractivity (Wildman–Crippen MR) is 79.1 cm³/mol. The molecule has 5 nitrogen and oxygen atoms in total. The molecule has 1 aliphatic heterocycles. The van der Waals surface area contributed by atoms with E-state index in [-0.39, 0.29) is 12.5 Å². The Morgan fingerprint density at radius 1 is 1.24 bits per heavy atom. The van der Waals surface area contributed by atoms with E-state index in [9.17, 15) is 4.79 Å². The Morgan fingerprint density at radius 3 is 2.81 bits per heavy atom. The van der Waals surface area contributed by atoms with Crippen LogP contribution in [-0.2, 0) is 11.3 Å². The molecule has 0 atom stereocenters. The lowest BCUT2D eigenvalue weighted by Crippen LogP contribution is -2.25. The first-order valence-electron chi connectivity index (χ1n) is 6.54. The van der Waals surface area contributed by atoms with Gasteiger partial charge in [-0.05, 0) is 35.9 Å². The molecule has 0 bridgehead atoms. The number of fused-ring (bicyclic) bond motifs is 1. The van der Waals surface area contributed by atoms with Gasteiger partial charge in [0.15, 0.2) is 6.61 Å². The standard InChI is InChI=1S/C16H13N3O2/c17-8-11-1-3-12(4-2-11)9-18-13-5-6-15-14(7-13)19-16(20)10-21-15/h1-7,18H,9-10H2,(H,19,20). The maximum atomic E-state index is 11.3. The topological polar surface area (TPSA) is 74.2 Å². The van der Waals surface area contributed by atoms with Gasteiger partial charge >= 0.3 is 0 Å². The minimum absolute atomic E-state index is 0.0605. The van der Waals surface area contributed by atoms with Crippen molar-refractivity contribution in [2.24, 2.45) is 0 Å². The zero-order valence-electron chi connectivity index (χ0n) is 11.2. The molecule has 1 heterocycles. The second-order valence-electron chi connectivity index (χ2n) is 4.71. The summed E-state index contributed by atoms with van der Waals surface area (Å²) in [5.74, 6) is 0.533. The van der Waals surface area contributed by atoms with Crippen molar-refractivity contribution < 1.29 is 9.53 Å². The summed E-state index contributed by atoms with van der Waals surface area (Å²) in [6.07, 6.45) is 0. The average Bonchev–Trinajstić information content (AvgIpc) is 2.53. The molecule has 0 saturated carbocycles. The van der Waals surface area contributed by atoms with E-state index in [0.29, 0.717) is 23.5 Å². The molecule has 0 radical (unpaired) electrons. The number of ether oxygens (including phenoxy) is 1. The Labute approximate surface area is 122 Å². The molecule has 0 spiro atoms. The number of rotatable bonds is 3. The molecule has 0 aromatic heterocycles. The molecule has 2 N–H and O–H groups in total. The normalized spacial score (nSPS) is 12.6. The summed E-state index contributed by atoms with van der Waals surface area (Å²) in [4.78, 5) is 11.3. The summed E-state index contributed by atoms with van der Waals surface area (Å²) in [7, 11) is 0. The van der Waals surface area contributed by atoms with Gasteiger partial charge in [0, 0.05) is 12.2 Å². The molecule has 0 unspecified atom stereocenters. The van der Waals surface area contributed by atoms with Crippen molar-refractivity contribution in [1.29, 1.82) is 5.26 Å². The molecule has 104 valence electrons. The zero-order chi connectivity index (χ0) is 14.7. The molecule has 1 amide bonds. The first kappa shape index (κ1) is 13.0. The van der Waals surface area contributed by atoms with Crippen LogP contribution in [0, 0.1) is 11.3 Å². The number of benzene rings is 2. The van der Waals surface area contributed by atoms with E-state index >= 15 is 0 Å². The number of carbonyl (C=O) groups is 1. The molecule has 2 aromatic carbocycles. The van der Waals surface area contributed by atoms with Gasteiger partial charge in [-0.1, -0.05) is 12.1 Å². The van der Waals surface area contributed by atoms with Crippen LogP contribution in [0.3, 0.4) is 0 Å². The lowest BCUT2D eigenvalue weighted by molar-refractivity contribution is -0.118. The van der Waals surface area contributed by atoms with Crippen molar-refractivity contribution in [3.8, 4) is 11.8 Å². The van der Waals surface area contributed by atoms with Crippen molar-refractivity contribution in [3.05, 3.63) is 53.6 Å². The fourth-order valence-corrected chi connectivity index (χ4v) is 2.09. The quantitative estimate of drug-likeness (QED) is 0.905. The lowest BCUT2D eigenvalue weighted by Gasteiger charge is -2.18. The van der Waals surface area contributed by atoms with Gasteiger partial charge in [0.1, 0.15) is 5.75 Å². The molecule has 0 saturated heterocycles. The molecule has 0 fully saturated rings. The third-order valence-electron chi connectivity index (χ3n) is 3.19. The van der Waals surface area contributed by atoms with E-state index in [4.69, 9.17) is 10.00 Å². The highest BCUT2D eigenvalue weighted by Gasteiger charge is 2.15. The summed E-state index contributed by atoms with van der Waals surface area (Å²) >= 11 is 0. The highest BCUT2D eigenvalue weighted by Crippen LogP contribution is 2.30. The fourth-order valence-electron chi connectivity index (χ4n) is 2.09. The van der Waals surface area contributed by atoms with Crippen LogP contribution in [0.5, 0.6) is 5.75 Å². The summed E-state index contributed by atoms with van der Waals surface area (Å²) in [5, 5.41) is 14.8. The Kier molecular flexibility index (Phi) is 3.44. The van der Waals surface area contributed by atoms with Crippen LogP contribution in [-0.4, -0.2) is 12.5 Å². The SMILES string of the molecule is N#Cc1ccc(CNc2ccc3c(c2)NC(=O)CO3)cc1. The smallest absolute Gasteiger partial charge is 0.262 e. The summed E-state index contributed by atoms with van der Waals surface area (Å²) in [5.41, 5.74) is 3.29. The number of hydrogen-bond acceptors (Lipinski definition) is 4. The van der Waals surface area contributed by atoms with Crippen LogP contribution in [0.4, 0.5) is 11.4 Å². The van der Waals surface area contributed by atoms with E-state index in [1.807, 2.05) is 30.3 Å². The van der Waals surface area contributed by atoms with Crippen molar-refractivity contribution in [3.63, 3.8) is 0 Å². The molecular weight excluding hydrogens is 266 g/mol. The van der Waals surface area contributed by atoms with E-state index in [0.717, 1.165) is 11.3 Å². The minimum atomic E-state index is -0.147. The lowest BCUT2D eigenvalue weighted by atomic mass is 10.1. The number of anilines is 2. The van der Waals surface area contributed by atoms with Gasteiger partial charge < -0.3 is 15.4 Å². The Balaban J connectivity index is 1.69. The molecule has 21 heavy (non-hydrogen) atoms. The third kappa shape index (κ3) is 2.95. The minimum Gasteiger partial charge on any atom is -0.482 e. The van der Waals surface area contributed by atoms with Crippen molar-refractivity contribution in [2.45, 2.75) is 6.54 Å². The maximum Gasteiger partial charge on any atom is 0.262 e. The first-order chi connectivity index (χ1) is 10.2. The highest BCUT2D eigenvalue weighted by atomic mass is 16.5. The second kappa shape index (κ2) is 5.55.